The van der Waals surface area contributed by atoms with Gasteiger partial charge in [-0.1, -0.05) is 18.2 Å². The summed E-state index contributed by atoms with van der Waals surface area (Å²) in [6, 6.07) is 6.19. The van der Waals surface area contributed by atoms with Crippen LogP contribution in [0.5, 0.6) is 0 Å². The predicted molar refractivity (Wildman–Crippen MR) is 84.2 cm³/mol. The van der Waals surface area contributed by atoms with Crippen LogP contribution < -0.4 is 0 Å². The van der Waals surface area contributed by atoms with Crippen LogP contribution in [0.25, 0.3) is 5.57 Å². The van der Waals surface area contributed by atoms with Crippen molar-refractivity contribution in [2.24, 2.45) is 0 Å². The van der Waals surface area contributed by atoms with Crippen LogP contribution in [0, 0.1) is 10.1 Å². The summed E-state index contributed by atoms with van der Waals surface area (Å²) >= 11 is 0. The second kappa shape index (κ2) is 7.36. The highest BCUT2D eigenvalue weighted by molar-refractivity contribution is 5.96. The Kier molecular flexibility index (Phi) is 5.25. The van der Waals surface area contributed by atoms with Crippen molar-refractivity contribution in [2.45, 2.75) is 19.8 Å². The lowest BCUT2D eigenvalue weighted by Crippen LogP contribution is -2.03. The van der Waals surface area contributed by atoms with Gasteiger partial charge in [-0.15, -0.1) is 0 Å². The van der Waals surface area contributed by atoms with Gasteiger partial charge in [0.25, 0.3) is 5.69 Å². The third-order valence-corrected chi connectivity index (χ3v) is 3.30. The summed E-state index contributed by atoms with van der Waals surface area (Å²) in [6.07, 6.45) is 9.13. The lowest BCUT2D eigenvalue weighted by atomic mass is 9.91. The number of esters is 1. The van der Waals surface area contributed by atoms with E-state index >= 15 is 0 Å². The molecule has 1 aliphatic rings. The van der Waals surface area contributed by atoms with Crippen molar-refractivity contribution in [1.82, 2.24) is 0 Å². The van der Waals surface area contributed by atoms with Gasteiger partial charge in [0.15, 0.2) is 0 Å². The average molecular weight is 299 g/mol. The Morgan fingerprint density at radius 1 is 1.36 bits per heavy atom. The fourth-order valence-corrected chi connectivity index (χ4v) is 2.25. The third kappa shape index (κ3) is 3.91. The quantitative estimate of drug-likeness (QED) is 0.359. The molecule has 0 atom stereocenters. The van der Waals surface area contributed by atoms with Gasteiger partial charge in [0.05, 0.1) is 11.5 Å². The highest BCUT2D eigenvalue weighted by atomic mass is 16.6. The number of nitro benzene ring substituents is 1. The molecule has 22 heavy (non-hydrogen) atoms. The van der Waals surface area contributed by atoms with Crippen molar-refractivity contribution in [3.05, 3.63) is 69.8 Å². The molecule has 114 valence electrons. The van der Waals surface area contributed by atoms with Crippen LogP contribution >= 0.6 is 0 Å². The molecule has 0 unspecified atom stereocenters. The number of carbonyl (C=O) groups excluding carboxylic acids is 1. The summed E-state index contributed by atoms with van der Waals surface area (Å²) in [6.45, 7) is 2.06. The maximum Gasteiger partial charge on any atom is 0.331 e. The number of nitro groups is 1. The zero-order chi connectivity index (χ0) is 15.9. The minimum Gasteiger partial charge on any atom is -0.463 e. The van der Waals surface area contributed by atoms with Gasteiger partial charge >= 0.3 is 5.97 Å². The molecule has 1 aromatic rings. The van der Waals surface area contributed by atoms with Gasteiger partial charge in [0.1, 0.15) is 0 Å². The molecule has 0 spiro atoms. The second-order valence-corrected chi connectivity index (χ2v) is 4.77. The molecule has 1 aliphatic carbocycles. The van der Waals surface area contributed by atoms with E-state index < -0.39 is 10.9 Å². The van der Waals surface area contributed by atoms with Gasteiger partial charge in [-0.3, -0.25) is 10.1 Å². The van der Waals surface area contributed by atoms with E-state index in [0.29, 0.717) is 6.61 Å². The Balaban J connectivity index is 2.39. The number of hydrogen-bond acceptors (Lipinski definition) is 4. The molecule has 0 aromatic heterocycles. The SMILES string of the molecule is CCOC(=O)/C=C(\C1=CC=CCC1)c1ccc([N+](=O)[O-])cc1. The molecule has 0 heterocycles. The standard InChI is InChI=1S/C17H17NO4/c1-2-22-17(19)12-16(13-6-4-3-5-7-13)14-8-10-15(11-9-14)18(20)21/h3-4,6,8-12H,2,5,7H2,1H3/b16-12+. The van der Waals surface area contributed by atoms with E-state index in [-0.39, 0.29) is 5.69 Å². The summed E-state index contributed by atoms with van der Waals surface area (Å²) in [7, 11) is 0. The third-order valence-electron chi connectivity index (χ3n) is 3.30. The summed E-state index contributed by atoms with van der Waals surface area (Å²) in [5.74, 6) is -0.411. The Labute approximate surface area is 128 Å². The van der Waals surface area contributed by atoms with E-state index in [1.54, 1.807) is 19.1 Å². The summed E-state index contributed by atoms with van der Waals surface area (Å²) in [5, 5.41) is 10.7. The molecule has 5 heteroatoms. The predicted octanol–water partition coefficient (Wildman–Crippen LogP) is 3.82. The molecule has 0 bridgehead atoms. The largest absolute Gasteiger partial charge is 0.463 e. The van der Waals surface area contributed by atoms with E-state index in [1.807, 2.05) is 12.2 Å². The number of ether oxygens (including phenoxy) is 1. The summed E-state index contributed by atoms with van der Waals surface area (Å²) in [5.41, 5.74) is 2.55. The van der Waals surface area contributed by atoms with Crippen LogP contribution in [0.3, 0.4) is 0 Å². The number of non-ortho nitro benzene ring substituents is 1. The van der Waals surface area contributed by atoms with Crippen molar-refractivity contribution >= 4 is 17.2 Å². The van der Waals surface area contributed by atoms with Crippen molar-refractivity contribution in [1.29, 1.82) is 0 Å². The molecule has 0 fully saturated rings. The van der Waals surface area contributed by atoms with Crippen molar-refractivity contribution in [2.75, 3.05) is 6.61 Å². The zero-order valence-electron chi connectivity index (χ0n) is 12.3. The van der Waals surface area contributed by atoms with Crippen LogP contribution in [0.2, 0.25) is 0 Å². The topological polar surface area (TPSA) is 69.4 Å². The molecular weight excluding hydrogens is 282 g/mol. The second-order valence-electron chi connectivity index (χ2n) is 4.77. The minimum absolute atomic E-state index is 0.0248. The molecule has 2 rings (SSSR count). The summed E-state index contributed by atoms with van der Waals surface area (Å²) < 4.78 is 4.98. The van der Waals surface area contributed by atoms with E-state index in [2.05, 4.69) is 6.08 Å². The number of nitrogens with zero attached hydrogens (tertiary/aromatic N) is 1. The van der Waals surface area contributed by atoms with Gasteiger partial charge in [0.2, 0.25) is 0 Å². The molecule has 1 aromatic carbocycles. The van der Waals surface area contributed by atoms with Gasteiger partial charge in [-0.2, -0.15) is 0 Å². The van der Waals surface area contributed by atoms with E-state index in [0.717, 1.165) is 29.6 Å². The van der Waals surface area contributed by atoms with Crippen LogP contribution in [-0.2, 0) is 9.53 Å². The molecule has 0 saturated carbocycles. The van der Waals surface area contributed by atoms with Crippen LogP contribution in [-0.4, -0.2) is 17.5 Å². The van der Waals surface area contributed by atoms with Crippen LogP contribution in [0.4, 0.5) is 5.69 Å². The number of allylic oxidation sites excluding steroid dienone is 5. The molecule has 0 aliphatic heterocycles. The Morgan fingerprint density at radius 3 is 2.64 bits per heavy atom. The number of hydrogen-bond donors (Lipinski definition) is 0. The maximum absolute atomic E-state index is 11.8. The van der Waals surface area contributed by atoms with Gasteiger partial charge < -0.3 is 4.74 Å². The molecule has 5 nitrogen and oxygen atoms in total. The van der Waals surface area contributed by atoms with E-state index in [4.69, 9.17) is 4.74 Å². The molecule has 0 saturated heterocycles. The smallest absolute Gasteiger partial charge is 0.331 e. The highest BCUT2D eigenvalue weighted by Crippen LogP contribution is 2.30. The van der Waals surface area contributed by atoms with Crippen molar-refractivity contribution in [3.63, 3.8) is 0 Å². The van der Waals surface area contributed by atoms with E-state index in [1.165, 1.54) is 18.2 Å². The number of rotatable bonds is 5. The lowest BCUT2D eigenvalue weighted by Gasteiger charge is -2.14. The molecule has 0 amide bonds. The average Bonchev–Trinajstić information content (AvgIpc) is 2.54. The van der Waals surface area contributed by atoms with Gasteiger partial charge in [-0.05, 0) is 48.6 Å². The fourth-order valence-electron chi connectivity index (χ4n) is 2.25. The Hall–Kier alpha value is -2.69. The van der Waals surface area contributed by atoms with Gasteiger partial charge in [-0.25, -0.2) is 4.79 Å². The van der Waals surface area contributed by atoms with Crippen LogP contribution in [0.1, 0.15) is 25.3 Å². The first-order chi connectivity index (χ1) is 10.6. The van der Waals surface area contributed by atoms with Gasteiger partial charge in [0, 0.05) is 18.2 Å². The maximum atomic E-state index is 11.8. The first kappa shape index (κ1) is 15.7. The number of carbonyl (C=O) groups is 1. The molecule has 0 radical (unpaired) electrons. The summed E-state index contributed by atoms with van der Waals surface area (Å²) in [4.78, 5) is 22.1. The molecule has 0 N–H and O–H groups in total. The normalized spacial score (nSPS) is 14.4. The zero-order valence-corrected chi connectivity index (χ0v) is 12.3. The molecular formula is C17H17NO4. The van der Waals surface area contributed by atoms with Crippen molar-refractivity contribution in [3.8, 4) is 0 Å². The fraction of sp³-hybridized carbons (Fsp3) is 0.235. The Morgan fingerprint density at radius 2 is 2.09 bits per heavy atom. The lowest BCUT2D eigenvalue weighted by molar-refractivity contribution is -0.384. The first-order valence-corrected chi connectivity index (χ1v) is 7.11. The number of benzene rings is 1. The minimum atomic E-state index is -0.443. The van der Waals surface area contributed by atoms with E-state index in [9.17, 15) is 14.9 Å². The highest BCUT2D eigenvalue weighted by Gasteiger charge is 2.13. The van der Waals surface area contributed by atoms with Crippen molar-refractivity contribution < 1.29 is 14.5 Å². The van der Waals surface area contributed by atoms with Crippen LogP contribution in [0.15, 0.2) is 54.1 Å². The Bertz CT molecular complexity index is 654. The monoisotopic (exact) mass is 299 g/mol. The first-order valence-electron chi connectivity index (χ1n) is 7.11.